The van der Waals surface area contributed by atoms with E-state index in [1.54, 1.807) is 7.05 Å². The van der Waals surface area contributed by atoms with E-state index >= 15 is 0 Å². The van der Waals surface area contributed by atoms with Crippen LogP contribution in [0.15, 0.2) is 24.3 Å². The fourth-order valence-corrected chi connectivity index (χ4v) is 1.92. The summed E-state index contributed by atoms with van der Waals surface area (Å²) in [5.74, 6) is 0.898. The number of para-hydroxylation sites is 1. The van der Waals surface area contributed by atoms with Gasteiger partial charge < -0.3 is 15.4 Å². The molecule has 1 amide bonds. The lowest BCUT2D eigenvalue weighted by atomic mass is 10.0. The molecule has 1 aliphatic heterocycles. The predicted molar refractivity (Wildman–Crippen MR) is 66.0 cm³/mol. The summed E-state index contributed by atoms with van der Waals surface area (Å²) in [7, 11) is 1.78. The Morgan fingerprint density at radius 2 is 2.24 bits per heavy atom. The summed E-state index contributed by atoms with van der Waals surface area (Å²) in [6.45, 7) is 2.50. The van der Waals surface area contributed by atoms with Gasteiger partial charge >= 0.3 is 0 Å². The molecule has 0 spiro atoms. The molecule has 17 heavy (non-hydrogen) atoms. The maximum atomic E-state index is 11.8. The topological polar surface area (TPSA) is 50.4 Å². The molecule has 0 saturated carbocycles. The first-order valence-electron chi connectivity index (χ1n) is 5.91. The summed E-state index contributed by atoms with van der Waals surface area (Å²) >= 11 is 0. The number of ether oxygens (including phenoxy) is 1. The zero-order valence-corrected chi connectivity index (χ0v) is 10.2. The van der Waals surface area contributed by atoms with E-state index in [0.29, 0.717) is 6.61 Å². The lowest BCUT2D eigenvalue weighted by Crippen LogP contribution is -2.43. The first kappa shape index (κ1) is 11.9. The summed E-state index contributed by atoms with van der Waals surface area (Å²) in [6.07, 6.45) is 0.819. The first-order valence-corrected chi connectivity index (χ1v) is 5.91. The van der Waals surface area contributed by atoms with E-state index in [1.165, 1.54) is 0 Å². The van der Waals surface area contributed by atoms with Crippen molar-refractivity contribution >= 4 is 5.91 Å². The number of fused-ring (bicyclic) bond motifs is 1. The van der Waals surface area contributed by atoms with Gasteiger partial charge in [-0.1, -0.05) is 18.2 Å². The smallest absolute Gasteiger partial charge is 0.237 e. The van der Waals surface area contributed by atoms with Crippen LogP contribution in [-0.2, 0) is 4.79 Å². The second-order valence-electron chi connectivity index (χ2n) is 4.25. The highest BCUT2D eigenvalue weighted by Gasteiger charge is 2.23. The van der Waals surface area contributed by atoms with Crippen molar-refractivity contribution in [3.63, 3.8) is 0 Å². The third kappa shape index (κ3) is 2.58. The Labute approximate surface area is 101 Å². The molecule has 0 aromatic heterocycles. The van der Waals surface area contributed by atoms with E-state index in [-0.39, 0.29) is 18.0 Å². The second kappa shape index (κ2) is 5.19. The SMILES string of the molecule is CNC(C)C(=O)NC1CCOc2ccccc21. The third-order valence-electron chi connectivity index (χ3n) is 3.10. The molecule has 2 unspecified atom stereocenters. The van der Waals surface area contributed by atoms with Crippen molar-refractivity contribution in [1.82, 2.24) is 10.6 Å². The molecule has 1 aliphatic rings. The van der Waals surface area contributed by atoms with Gasteiger partial charge in [-0.2, -0.15) is 0 Å². The number of nitrogens with one attached hydrogen (secondary N) is 2. The van der Waals surface area contributed by atoms with Gasteiger partial charge in [0.1, 0.15) is 5.75 Å². The number of hydrogen-bond acceptors (Lipinski definition) is 3. The molecule has 4 nitrogen and oxygen atoms in total. The number of benzene rings is 1. The van der Waals surface area contributed by atoms with Crippen molar-refractivity contribution in [1.29, 1.82) is 0 Å². The second-order valence-corrected chi connectivity index (χ2v) is 4.25. The molecule has 2 N–H and O–H groups in total. The Bertz CT molecular complexity index is 406. The van der Waals surface area contributed by atoms with Crippen molar-refractivity contribution in [3.05, 3.63) is 29.8 Å². The van der Waals surface area contributed by atoms with E-state index < -0.39 is 0 Å². The molecule has 1 aromatic carbocycles. The summed E-state index contributed by atoms with van der Waals surface area (Å²) in [4.78, 5) is 11.8. The Kier molecular flexibility index (Phi) is 3.64. The highest BCUT2D eigenvalue weighted by molar-refractivity contribution is 5.81. The number of rotatable bonds is 3. The molecule has 4 heteroatoms. The van der Waals surface area contributed by atoms with Crippen molar-refractivity contribution in [3.8, 4) is 5.75 Å². The van der Waals surface area contributed by atoms with Crippen LogP contribution < -0.4 is 15.4 Å². The molecule has 0 bridgehead atoms. The van der Waals surface area contributed by atoms with Gasteiger partial charge in [-0.15, -0.1) is 0 Å². The molecule has 1 heterocycles. The van der Waals surface area contributed by atoms with E-state index in [0.717, 1.165) is 17.7 Å². The van der Waals surface area contributed by atoms with Gasteiger partial charge in [0.2, 0.25) is 5.91 Å². The molecule has 0 saturated heterocycles. The summed E-state index contributed by atoms with van der Waals surface area (Å²) in [6, 6.07) is 7.74. The van der Waals surface area contributed by atoms with Gasteiger partial charge in [0.25, 0.3) is 0 Å². The fraction of sp³-hybridized carbons (Fsp3) is 0.462. The zero-order chi connectivity index (χ0) is 12.3. The monoisotopic (exact) mass is 234 g/mol. The molecule has 0 aliphatic carbocycles. The van der Waals surface area contributed by atoms with Crippen molar-refractivity contribution in [2.45, 2.75) is 25.4 Å². The third-order valence-corrected chi connectivity index (χ3v) is 3.10. The van der Waals surface area contributed by atoms with Gasteiger partial charge in [0.05, 0.1) is 18.7 Å². The fourth-order valence-electron chi connectivity index (χ4n) is 1.92. The van der Waals surface area contributed by atoms with Crippen LogP contribution in [0.5, 0.6) is 5.75 Å². The number of amides is 1. The highest BCUT2D eigenvalue weighted by Crippen LogP contribution is 2.31. The summed E-state index contributed by atoms with van der Waals surface area (Å²) in [5, 5.41) is 5.98. The molecule has 0 radical (unpaired) electrons. The van der Waals surface area contributed by atoms with Crippen LogP contribution in [0.2, 0.25) is 0 Å². The summed E-state index contributed by atoms with van der Waals surface area (Å²) < 4.78 is 5.56. The van der Waals surface area contributed by atoms with Crippen LogP contribution >= 0.6 is 0 Å². The minimum absolute atomic E-state index is 0.0224. The Morgan fingerprint density at radius 1 is 1.47 bits per heavy atom. The van der Waals surface area contributed by atoms with Crippen molar-refractivity contribution in [2.75, 3.05) is 13.7 Å². The first-order chi connectivity index (χ1) is 8.22. The van der Waals surface area contributed by atoms with Crippen LogP contribution in [0.4, 0.5) is 0 Å². The van der Waals surface area contributed by atoms with Gasteiger partial charge in [-0.05, 0) is 20.0 Å². The van der Waals surface area contributed by atoms with Crippen molar-refractivity contribution < 1.29 is 9.53 Å². The Morgan fingerprint density at radius 3 is 3.00 bits per heavy atom. The van der Waals surface area contributed by atoms with Crippen molar-refractivity contribution in [2.24, 2.45) is 0 Å². The molecule has 0 fully saturated rings. The molecule has 2 atom stereocenters. The Hall–Kier alpha value is -1.55. The quantitative estimate of drug-likeness (QED) is 0.827. The zero-order valence-electron chi connectivity index (χ0n) is 10.2. The van der Waals surface area contributed by atoms with Crippen LogP contribution in [0, 0.1) is 0 Å². The van der Waals surface area contributed by atoms with E-state index in [2.05, 4.69) is 10.6 Å². The van der Waals surface area contributed by atoms with Gasteiger partial charge in [0, 0.05) is 12.0 Å². The lowest BCUT2D eigenvalue weighted by molar-refractivity contribution is -0.123. The average molecular weight is 234 g/mol. The maximum absolute atomic E-state index is 11.8. The molecule has 92 valence electrons. The minimum atomic E-state index is -0.176. The Balaban J connectivity index is 2.11. The van der Waals surface area contributed by atoms with Crippen LogP contribution in [0.1, 0.15) is 24.9 Å². The minimum Gasteiger partial charge on any atom is -0.493 e. The molecule has 2 rings (SSSR count). The van der Waals surface area contributed by atoms with E-state index in [9.17, 15) is 4.79 Å². The standard InChI is InChI=1S/C13H18N2O2/c1-9(14-2)13(16)15-11-7-8-17-12-6-4-3-5-10(11)12/h3-6,9,11,14H,7-8H2,1-2H3,(H,15,16). The highest BCUT2D eigenvalue weighted by atomic mass is 16.5. The van der Waals surface area contributed by atoms with E-state index in [1.807, 2.05) is 31.2 Å². The number of carbonyl (C=O) groups is 1. The van der Waals surface area contributed by atoms with Gasteiger partial charge in [0.15, 0.2) is 0 Å². The number of carbonyl (C=O) groups excluding carboxylic acids is 1. The predicted octanol–water partition coefficient (Wildman–Crippen LogP) is 1.23. The van der Waals surface area contributed by atoms with Crippen LogP contribution in [0.3, 0.4) is 0 Å². The van der Waals surface area contributed by atoms with Crippen LogP contribution in [-0.4, -0.2) is 25.6 Å². The molecular weight excluding hydrogens is 216 g/mol. The summed E-state index contributed by atoms with van der Waals surface area (Å²) in [5.41, 5.74) is 1.07. The largest absolute Gasteiger partial charge is 0.493 e. The van der Waals surface area contributed by atoms with E-state index in [4.69, 9.17) is 4.74 Å². The average Bonchev–Trinajstić information content (AvgIpc) is 2.38. The lowest BCUT2D eigenvalue weighted by Gasteiger charge is -2.27. The number of hydrogen-bond donors (Lipinski definition) is 2. The maximum Gasteiger partial charge on any atom is 0.237 e. The molecular formula is C13H18N2O2. The molecule has 1 aromatic rings. The normalized spacial score (nSPS) is 20.0. The van der Waals surface area contributed by atoms with Crippen LogP contribution in [0.25, 0.3) is 0 Å². The van der Waals surface area contributed by atoms with Gasteiger partial charge in [-0.25, -0.2) is 0 Å². The van der Waals surface area contributed by atoms with Gasteiger partial charge in [-0.3, -0.25) is 4.79 Å². The number of likely N-dealkylation sites (N-methyl/N-ethyl adjacent to an activating group) is 1.